The van der Waals surface area contributed by atoms with E-state index in [0.29, 0.717) is 19.0 Å². The molecule has 0 aliphatic heterocycles. The molecular weight excluding hydrogens is 268 g/mol. The number of nitrogens with two attached hydrogens (primary N) is 1. The number of aromatic nitrogens is 2. The minimum absolute atomic E-state index is 0.468. The Hall–Kier alpha value is -2.05. The van der Waals surface area contributed by atoms with E-state index in [1.807, 2.05) is 6.92 Å². The van der Waals surface area contributed by atoms with E-state index in [4.69, 9.17) is 5.73 Å². The lowest BCUT2D eigenvalue weighted by Crippen LogP contribution is -2.33. The third-order valence-electron chi connectivity index (χ3n) is 3.36. The van der Waals surface area contributed by atoms with E-state index in [2.05, 4.69) is 32.8 Å². The number of carbonyl (C=O) groups is 1. The number of hydrogen-bond acceptors (Lipinski definition) is 5. The maximum Gasteiger partial charge on any atom is 0.312 e. The SMILES string of the molecule is CCCNc1nc(C2CC2)nc(NCCNC(N)=O)c1C. The number of urea groups is 1. The Morgan fingerprint density at radius 3 is 2.33 bits per heavy atom. The Labute approximate surface area is 125 Å². The normalized spacial score (nSPS) is 13.8. The van der Waals surface area contributed by atoms with Crippen LogP contribution < -0.4 is 21.7 Å². The van der Waals surface area contributed by atoms with Gasteiger partial charge in [-0.1, -0.05) is 6.92 Å². The Morgan fingerprint density at radius 2 is 1.81 bits per heavy atom. The van der Waals surface area contributed by atoms with Crippen molar-refractivity contribution in [3.05, 3.63) is 11.4 Å². The highest BCUT2D eigenvalue weighted by Crippen LogP contribution is 2.39. The summed E-state index contributed by atoms with van der Waals surface area (Å²) in [5, 5.41) is 9.15. The first-order chi connectivity index (χ1) is 10.1. The minimum Gasteiger partial charge on any atom is -0.370 e. The van der Waals surface area contributed by atoms with Gasteiger partial charge in [0.2, 0.25) is 0 Å². The van der Waals surface area contributed by atoms with Crippen molar-refractivity contribution in [2.75, 3.05) is 30.3 Å². The topological polar surface area (TPSA) is 105 Å². The van der Waals surface area contributed by atoms with Gasteiger partial charge in [0.25, 0.3) is 0 Å². The van der Waals surface area contributed by atoms with Crippen LogP contribution in [0.3, 0.4) is 0 Å². The van der Waals surface area contributed by atoms with Gasteiger partial charge in [-0.25, -0.2) is 14.8 Å². The Kier molecular flexibility index (Phi) is 5.19. The third-order valence-corrected chi connectivity index (χ3v) is 3.36. The molecule has 1 saturated carbocycles. The summed E-state index contributed by atoms with van der Waals surface area (Å²) < 4.78 is 0. The number of carbonyl (C=O) groups excluding carboxylic acids is 1. The van der Waals surface area contributed by atoms with Crippen LogP contribution in [-0.4, -0.2) is 35.6 Å². The molecule has 0 atom stereocenters. The first-order valence-electron chi connectivity index (χ1n) is 7.51. The highest BCUT2D eigenvalue weighted by Gasteiger charge is 2.28. The fraction of sp³-hybridized carbons (Fsp3) is 0.643. The van der Waals surface area contributed by atoms with Crippen LogP contribution >= 0.6 is 0 Å². The third kappa shape index (κ3) is 4.47. The largest absolute Gasteiger partial charge is 0.370 e. The van der Waals surface area contributed by atoms with Crippen molar-refractivity contribution in [3.8, 4) is 0 Å². The van der Waals surface area contributed by atoms with Crippen LogP contribution in [0.25, 0.3) is 0 Å². The molecule has 1 aromatic rings. The lowest BCUT2D eigenvalue weighted by molar-refractivity contribution is 0.249. The van der Waals surface area contributed by atoms with Crippen LogP contribution in [0.5, 0.6) is 0 Å². The van der Waals surface area contributed by atoms with Gasteiger partial charge in [-0.3, -0.25) is 0 Å². The molecular formula is C14H24N6O. The summed E-state index contributed by atoms with van der Waals surface area (Å²) in [6.45, 7) is 6.07. The van der Waals surface area contributed by atoms with Gasteiger partial charge in [-0.2, -0.15) is 0 Å². The highest BCUT2D eigenvalue weighted by atomic mass is 16.2. The van der Waals surface area contributed by atoms with E-state index in [0.717, 1.165) is 36.0 Å². The quantitative estimate of drug-likeness (QED) is 0.544. The molecule has 1 fully saturated rings. The van der Waals surface area contributed by atoms with Crippen LogP contribution in [0.1, 0.15) is 43.5 Å². The number of nitrogens with one attached hydrogen (secondary N) is 3. The molecule has 1 aliphatic rings. The van der Waals surface area contributed by atoms with E-state index in [1.165, 1.54) is 12.8 Å². The second-order valence-electron chi connectivity index (χ2n) is 5.32. The van der Waals surface area contributed by atoms with Gasteiger partial charge >= 0.3 is 6.03 Å². The molecule has 0 radical (unpaired) electrons. The molecule has 2 amide bonds. The Bertz CT molecular complexity index is 500. The zero-order chi connectivity index (χ0) is 15.2. The fourth-order valence-corrected chi connectivity index (χ4v) is 2.01. The Balaban J connectivity index is 2.06. The molecule has 5 N–H and O–H groups in total. The monoisotopic (exact) mass is 292 g/mol. The van der Waals surface area contributed by atoms with Gasteiger partial charge in [0.1, 0.15) is 17.5 Å². The zero-order valence-electron chi connectivity index (χ0n) is 12.7. The maximum atomic E-state index is 10.6. The van der Waals surface area contributed by atoms with Crippen molar-refractivity contribution in [1.82, 2.24) is 15.3 Å². The average Bonchev–Trinajstić information content (AvgIpc) is 3.28. The average molecular weight is 292 g/mol. The maximum absolute atomic E-state index is 10.6. The first kappa shape index (κ1) is 15.3. The van der Waals surface area contributed by atoms with Gasteiger partial charge < -0.3 is 21.7 Å². The molecule has 0 unspecified atom stereocenters. The summed E-state index contributed by atoms with van der Waals surface area (Å²) in [6.07, 6.45) is 3.38. The molecule has 0 saturated heterocycles. The molecule has 0 spiro atoms. The minimum atomic E-state index is -0.514. The van der Waals surface area contributed by atoms with Crippen molar-refractivity contribution in [2.45, 2.75) is 39.0 Å². The summed E-state index contributed by atoms with van der Waals surface area (Å²) in [6, 6.07) is -0.514. The molecule has 7 heteroatoms. The van der Waals surface area contributed by atoms with Crippen molar-refractivity contribution < 1.29 is 4.79 Å². The first-order valence-corrected chi connectivity index (χ1v) is 7.51. The molecule has 116 valence electrons. The fourth-order valence-electron chi connectivity index (χ4n) is 2.01. The summed E-state index contributed by atoms with van der Waals surface area (Å²) in [4.78, 5) is 19.9. The molecule has 2 rings (SSSR count). The van der Waals surface area contributed by atoms with Crippen LogP contribution in [0, 0.1) is 6.92 Å². The number of nitrogens with zero attached hydrogens (tertiary/aromatic N) is 2. The van der Waals surface area contributed by atoms with Gasteiger partial charge in [-0.15, -0.1) is 0 Å². The van der Waals surface area contributed by atoms with E-state index in [1.54, 1.807) is 0 Å². The van der Waals surface area contributed by atoms with Gasteiger partial charge in [0, 0.05) is 31.1 Å². The lowest BCUT2D eigenvalue weighted by atomic mass is 10.2. The van der Waals surface area contributed by atoms with Crippen LogP contribution in [0.4, 0.5) is 16.4 Å². The molecule has 7 nitrogen and oxygen atoms in total. The van der Waals surface area contributed by atoms with E-state index in [-0.39, 0.29) is 0 Å². The van der Waals surface area contributed by atoms with Gasteiger partial charge in [0.15, 0.2) is 0 Å². The molecule has 1 heterocycles. The zero-order valence-corrected chi connectivity index (χ0v) is 12.7. The summed E-state index contributed by atoms with van der Waals surface area (Å²) >= 11 is 0. The van der Waals surface area contributed by atoms with Gasteiger partial charge in [0.05, 0.1) is 0 Å². The standard InChI is InChI=1S/C14H24N6O/c1-3-6-16-11-9(2)12(17-7-8-18-14(15)21)20-13(19-11)10-4-5-10/h10H,3-8H2,1-2H3,(H3,15,18,21)(H2,16,17,19,20). The second kappa shape index (κ2) is 7.10. The van der Waals surface area contributed by atoms with Gasteiger partial charge in [-0.05, 0) is 26.2 Å². The molecule has 0 bridgehead atoms. The van der Waals surface area contributed by atoms with Crippen LogP contribution in [0.2, 0.25) is 0 Å². The molecule has 1 aliphatic carbocycles. The predicted molar refractivity (Wildman–Crippen MR) is 83.6 cm³/mol. The predicted octanol–water partition coefficient (Wildman–Crippen LogP) is 1.56. The molecule has 1 aromatic heterocycles. The molecule has 21 heavy (non-hydrogen) atoms. The number of primary amides is 1. The summed E-state index contributed by atoms with van der Waals surface area (Å²) in [5.41, 5.74) is 6.05. The van der Waals surface area contributed by atoms with E-state index >= 15 is 0 Å². The van der Waals surface area contributed by atoms with Crippen LogP contribution in [0.15, 0.2) is 0 Å². The van der Waals surface area contributed by atoms with Crippen molar-refractivity contribution >= 4 is 17.7 Å². The van der Waals surface area contributed by atoms with Crippen molar-refractivity contribution in [3.63, 3.8) is 0 Å². The summed E-state index contributed by atoms with van der Waals surface area (Å²) in [5.74, 6) is 3.14. The smallest absolute Gasteiger partial charge is 0.312 e. The second-order valence-corrected chi connectivity index (χ2v) is 5.32. The Morgan fingerprint density at radius 1 is 1.19 bits per heavy atom. The van der Waals surface area contributed by atoms with Crippen molar-refractivity contribution in [1.29, 1.82) is 0 Å². The van der Waals surface area contributed by atoms with Crippen LogP contribution in [-0.2, 0) is 0 Å². The molecule has 0 aromatic carbocycles. The highest BCUT2D eigenvalue weighted by molar-refractivity contribution is 5.71. The van der Waals surface area contributed by atoms with E-state index in [9.17, 15) is 4.79 Å². The van der Waals surface area contributed by atoms with E-state index < -0.39 is 6.03 Å². The lowest BCUT2D eigenvalue weighted by Gasteiger charge is -2.15. The number of hydrogen-bond donors (Lipinski definition) is 4. The number of anilines is 2. The number of amides is 2. The van der Waals surface area contributed by atoms with Crippen molar-refractivity contribution in [2.24, 2.45) is 5.73 Å². The summed E-state index contributed by atoms with van der Waals surface area (Å²) in [7, 11) is 0. The number of rotatable bonds is 8.